The van der Waals surface area contributed by atoms with E-state index >= 15 is 0 Å². The second-order valence-corrected chi connectivity index (χ2v) is 3.26. The molecule has 1 rings (SSSR count). The van der Waals surface area contributed by atoms with Crippen molar-refractivity contribution in [2.45, 2.75) is 0 Å². The molecule has 0 aliphatic heterocycles. The van der Waals surface area contributed by atoms with E-state index in [-0.39, 0.29) is 6.03 Å². The van der Waals surface area contributed by atoms with Gasteiger partial charge in [0.25, 0.3) is 0 Å². The summed E-state index contributed by atoms with van der Waals surface area (Å²) in [7, 11) is 6.32. The fourth-order valence-corrected chi connectivity index (χ4v) is 0.989. The zero-order valence-corrected chi connectivity index (χ0v) is 9.77. The Labute approximate surface area is 94.2 Å². The van der Waals surface area contributed by atoms with Gasteiger partial charge in [0.1, 0.15) is 11.6 Å². The summed E-state index contributed by atoms with van der Waals surface area (Å²) in [6.07, 6.45) is 0. The Hall–Kier alpha value is -1.98. The summed E-state index contributed by atoms with van der Waals surface area (Å²) in [6, 6.07) is 2.98. The molecule has 0 atom stereocenters. The lowest BCUT2D eigenvalue weighted by Crippen LogP contribution is -2.27. The van der Waals surface area contributed by atoms with Gasteiger partial charge in [0, 0.05) is 26.2 Å². The molecule has 0 aliphatic rings. The van der Waals surface area contributed by atoms with E-state index in [0.717, 1.165) is 0 Å². The lowest BCUT2D eigenvalue weighted by atomic mass is 10.4. The third kappa shape index (κ3) is 3.01. The molecule has 1 aromatic heterocycles. The van der Waals surface area contributed by atoms with Gasteiger partial charge in [0.05, 0.1) is 14.2 Å². The number of amides is 2. The minimum absolute atomic E-state index is 0.261. The molecule has 6 heteroatoms. The maximum atomic E-state index is 11.4. The maximum Gasteiger partial charge on any atom is 0.322 e. The van der Waals surface area contributed by atoms with Gasteiger partial charge < -0.3 is 14.4 Å². The Balaban J connectivity index is 2.91. The SMILES string of the molecule is COc1cc(NC(=O)N(C)C)nc(OC)c1. The van der Waals surface area contributed by atoms with Gasteiger partial charge in [-0.2, -0.15) is 4.98 Å². The highest BCUT2D eigenvalue weighted by Gasteiger charge is 2.08. The molecule has 6 nitrogen and oxygen atoms in total. The molecule has 0 aromatic carbocycles. The van der Waals surface area contributed by atoms with Crippen molar-refractivity contribution >= 4 is 11.8 Å². The highest BCUT2D eigenvalue weighted by molar-refractivity contribution is 5.88. The van der Waals surface area contributed by atoms with Crippen LogP contribution in [0.5, 0.6) is 11.6 Å². The second kappa shape index (κ2) is 5.20. The van der Waals surface area contributed by atoms with Crippen LogP contribution in [0.3, 0.4) is 0 Å². The molecule has 0 saturated heterocycles. The minimum atomic E-state index is -0.261. The first-order valence-electron chi connectivity index (χ1n) is 4.65. The lowest BCUT2D eigenvalue weighted by Gasteiger charge is -2.12. The molecule has 2 amide bonds. The number of anilines is 1. The summed E-state index contributed by atoms with van der Waals surface area (Å²) < 4.78 is 10.0. The predicted molar refractivity (Wildman–Crippen MR) is 60.0 cm³/mol. The van der Waals surface area contributed by atoms with E-state index in [2.05, 4.69) is 10.3 Å². The van der Waals surface area contributed by atoms with Gasteiger partial charge in [-0.25, -0.2) is 4.79 Å². The predicted octanol–water partition coefficient (Wildman–Crippen LogP) is 1.19. The number of carbonyl (C=O) groups excluding carboxylic acids is 1. The fourth-order valence-electron chi connectivity index (χ4n) is 0.989. The van der Waals surface area contributed by atoms with Crippen molar-refractivity contribution in [2.24, 2.45) is 0 Å². The van der Waals surface area contributed by atoms with Crippen molar-refractivity contribution in [2.75, 3.05) is 33.6 Å². The summed E-state index contributed by atoms with van der Waals surface area (Å²) in [5.74, 6) is 1.34. The Kier molecular flexibility index (Phi) is 3.93. The molecule has 88 valence electrons. The summed E-state index contributed by atoms with van der Waals surface area (Å²) >= 11 is 0. The normalized spacial score (nSPS) is 9.50. The first-order chi connectivity index (χ1) is 7.56. The van der Waals surface area contributed by atoms with Gasteiger partial charge in [-0.05, 0) is 0 Å². The molecule has 0 saturated carbocycles. The van der Waals surface area contributed by atoms with E-state index in [1.165, 1.54) is 19.1 Å². The maximum absolute atomic E-state index is 11.4. The van der Waals surface area contributed by atoms with Crippen molar-refractivity contribution in [3.63, 3.8) is 0 Å². The van der Waals surface area contributed by atoms with Crippen LogP contribution in [-0.2, 0) is 0 Å². The average Bonchev–Trinajstić information content (AvgIpc) is 2.28. The van der Waals surface area contributed by atoms with E-state index < -0.39 is 0 Å². The van der Waals surface area contributed by atoms with E-state index in [9.17, 15) is 4.79 Å². The number of urea groups is 1. The Morgan fingerprint density at radius 2 is 2.00 bits per heavy atom. The van der Waals surface area contributed by atoms with E-state index in [1.54, 1.807) is 26.2 Å². The number of rotatable bonds is 3. The molecule has 0 unspecified atom stereocenters. The zero-order valence-electron chi connectivity index (χ0n) is 9.77. The number of nitrogens with zero attached hydrogens (tertiary/aromatic N) is 2. The second-order valence-electron chi connectivity index (χ2n) is 3.26. The van der Waals surface area contributed by atoms with E-state index in [0.29, 0.717) is 17.4 Å². The first-order valence-corrected chi connectivity index (χ1v) is 4.65. The fraction of sp³-hybridized carbons (Fsp3) is 0.400. The van der Waals surface area contributed by atoms with Crippen LogP contribution < -0.4 is 14.8 Å². The Bertz CT molecular complexity index is 357. The third-order valence-corrected chi connectivity index (χ3v) is 1.86. The number of carbonyl (C=O) groups is 1. The first kappa shape index (κ1) is 12.1. The average molecular weight is 225 g/mol. The Morgan fingerprint density at radius 3 is 2.50 bits per heavy atom. The van der Waals surface area contributed by atoms with Crippen molar-refractivity contribution in [3.8, 4) is 11.6 Å². The standard InChI is InChI=1S/C10H15N3O3/c1-13(2)10(14)12-8-5-7(15-3)6-9(11-8)16-4/h5-6H,1-4H3,(H,11,12,14). The molecule has 0 spiro atoms. The monoisotopic (exact) mass is 225 g/mol. The van der Waals surface area contributed by atoms with Crippen molar-refractivity contribution < 1.29 is 14.3 Å². The van der Waals surface area contributed by atoms with Crippen LogP contribution in [0.1, 0.15) is 0 Å². The number of aromatic nitrogens is 1. The largest absolute Gasteiger partial charge is 0.496 e. The molecule has 1 N–H and O–H groups in total. The molecule has 0 fully saturated rings. The summed E-state index contributed by atoms with van der Waals surface area (Å²) in [5, 5.41) is 2.61. The van der Waals surface area contributed by atoms with Crippen LogP contribution in [0.2, 0.25) is 0 Å². The number of ether oxygens (including phenoxy) is 2. The topological polar surface area (TPSA) is 63.7 Å². The molecule has 16 heavy (non-hydrogen) atoms. The van der Waals surface area contributed by atoms with Gasteiger partial charge in [-0.1, -0.05) is 0 Å². The van der Waals surface area contributed by atoms with Crippen molar-refractivity contribution in [1.29, 1.82) is 0 Å². The molecular formula is C10H15N3O3. The van der Waals surface area contributed by atoms with E-state index in [1.807, 2.05) is 0 Å². The zero-order chi connectivity index (χ0) is 12.1. The number of pyridine rings is 1. The van der Waals surface area contributed by atoms with Gasteiger partial charge >= 0.3 is 6.03 Å². The van der Waals surface area contributed by atoms with Gasteiger partial charge in [0.2, 0.25) is 5.88 Å². The smallest absolute Gasteiger partial charge is 0.322 e. The lowest BCUT2D eigenvalue weighted by molar-refractivity contribution is 0.230. The summed E-state index contributed by atoms with van der Waals surface area (Å²) in [5.41, 5.74) is 0. The Morgan fingerprint density at radius 1 is 1.31 bits per heavy atom. The molecule has 0 aliphatic carbocycles. The van der Waals surface area contributed by atoms with Crippen LogP contribution in [0.15, 0.2) is 12.1 Å². The van der Waals surface area contributed by atoms with Crippen LogP contribution in [-0.4, -0.2) is 44.2 Å². The molecular weight excluding hydrogens is 210 g/mol. The number of methoxy groups -OCH3 is 2. The highest BCUT2D eigenvalue weighted by atomic mass is 16.5. The van der Waals surface area contributed by atoms with Gasteiger partial charge in [-0.3, -0.25) is 5.32 Å². The van der Waals surface area contributed by atoms with Gasteiger partial charge in [0.15, 0.2) is 0 Å². The van der Waals surface area contributed by atoms with Crippen LogP contribution >= 0.6 is 0 Å². The number of hydrogen-bond donors (Lipinski definition) is 1. The molecule has 0 radical (unpaired) electrons. The summed E-state index contributed by atoms with van der Waals surface area (Å²) in [4.78, 5) is 16.9. The molecule has 1 aromatic rings. The van der Waals surface area contributed by atoms with Crippen molar-refractivity contribution in [3.05, 3.63) is 12.1 Å². The number of hydrogen-bond acceptors (Lipinski definition) is 4. The number of nitrogens with one attached hydrogen (secondary N) is 1. The highest BCUT2D eigenvalue weighted by Crippen LogP contribution is 2.21. The van der Waals surface area contributed by atoms with Crippen LogP contribution in [0, 0.1) is 0 Å². The van der Waals surface area contributed by atoms with Crippen molar-refractivity contribution in [1.82, 2.24) is 9.88 Å². The van der Waals surface area contributed by atoms with Gasteiger partial charge in [-0.15, -0.1) is 0 Å². The molecule has 1 heterocycles. The summed E-state index contributed by atoms with van der Waals surface area (Å²) in [6.45, 7) is 0. The quantitative estimate of drug-likeness (QED) is 0.839. The molecule has 0 bridgehead atoms. The third-order valence-electron chi connectivity index (χ3n) is 1.86. The van der Waals surface area contributed by atoms with Crippen LogP contribution in [0.25, 0.3) is 0 Å². The minimum Gasteiger partial charge on any atom is -0.496 e. The van der Waals surface area contributed by atoms with E-state index in [4.69, 9.17) is 9.47 Å². The van der Waals surface area contributed by atoms with Crippen LogP contribution in [0.4, 0.5) is 10.6 Å².